The molecule has 1 fully saturated rings. The maximum absolute atomic E-state index is 12.7. The van der Waals surface area contributed by atoms with Gasteiger partial charge in [0, 0.05) is 0 Å². The molecule has 1 aromatic carbocycles. The van der Waals surface area contributed by atoms with E-state index in [1.165, 1.54) is 7.11 Å². The van der Waals surface area contributed by atoms with Crippen LogP contribution in [0.5, 0.6) is 0 Å². The van der Waals surface area contributed by atoms with E-state index in [2.05, 4.69) is 15.3 Å². The van der Waals surface area contributed by atoms with Crippen molar-refractivity contribution in [3.8, 4) is 0 Å². The average molecular weight is 301 g/mol. The number of amides is 2. The SMILES string of the molecule is CCc1ccccc1N1C(=O)[C@H]2C(C(=O)OC)=NN[C@@H]2C1=O. The number of nitrogens with zero attached hydrogens (tertiary/aromatic N) is 2. The first-order valence-corrected chi connectivity index (χ1v) is 6.97. The Kier molecular flexibility index (Phi) is 3.40. The number of hydrogen-bond acceptors (Lipinski definition) is 6. The summed E-state index contributed by atoms with van der Waals surface area (Å²) in [5, 5.41) is 3.79. The van der Waals surface area contributed by atoms with Crippen molar-refractivity contribution in [2.24, 2.45) is 11.0 Å². The summed E-state index contributed by atoms with van der Waals surface area (Å²) in [5.41, 5.74) is 3.97. The number of fused-ring (bicyclic) bond motifs is 1. The molecule has 1 aromatic rings. The zero-order valence-electron chi connectivity index (χ0n) is 12.2. The number of nitrogens with one attached hydrogen (secondary N) is 1. The minimum Gasteiger partial charge on any atom is -0.464 e. The normalized spacial score (nSPS) is 23.2. The van der Waals surface area contributed by atoms with Crippen LogP contribution in [0.3, 0.4) is 0 Å². The number of carbonyl (C=O) groups excluding carboxylic acids is 3. The minimum absolute atomic E-state index is 0.0534. The highest BCUT2D eigenvalue weighted by Gasteiger charge is 2.55. The molecule has 0 bridgehead atoms. The molecule has 3 rings (SSSR count). The second kappa shape index (κ2) is 5.25. The Morgan fingerprint density at radius 2 is 2.05 bits per heavy atom. The van der Waals surface area contributed by atoms with Gasteiger partial charge in [0.15, 0.2) is 5.71 Å². The molecule has 2 heterocycles. The van der Waals surface area contributed by atoms with Crippen molar-refractivity contribution in [3.05, 3.63) is 29.8 Å². The average Bonchev–Trinajstić information content (AvgIpc) is 3.08. The van der Waals surface area contributed by atoms with Crippen LogP contribution in [0.4, 0.5) is 5.69 Å². The van der Waals surface area contributed by atoms with Crippen LogP contribution in [0.1, 0.15) is 12.5 Å². The third-order valence-corrected chi connectivity index (χ3v) is 3.93. The maximum Gasteiger partial charge on any atom is 0.355 e. The first kappa shape index (κ1) is 14.2. The highest BCUT2D eigenvalue weighted by atomic mass is 16.5. The van der Waals surface area contributed by atoms with Gasteiger partial charge >= 0.3 is 5.97 Å². The number of hydrazone groups is 1. The summed E-state index contributed by atoms with van der Waals surface area (Å²) >= 11 is 0. The van der Waals surface area contributed by atoms with Crippen LogP contribution in [-0.4, -0.2) is 36.6 Å². The van der Waals surface area contributed by atoms with Gasteiger partial charge in [-0.2, -0.15) is 5.10 Å². The van der Waals surface area contributed by atoms with Gasteiger partial charge in [0.2, 0.25) is 5.91 Å². The van der Waals surface area contributed by atoms with Crippen molar-refractivity contribution in [3.63, 3.8) is 0 Å². The van der Waals surface area contributed by atoms with Crippen molar-refractivity contribution in [2.45, 2.75) is 19.4 Å². The number of benzene rings is 1. The van der Waals surface area contributed by atoms with Crippen molar-refractivity contribution in [2.75, 3.05) is 12.0 Å². The second-order valence-electron chi connectivity index (χ2n) is 5.07. The van der Waals surface area contributed by atoms with Crippen molar-refractivity contribution in [1.82, 2.24) is 5.43 Å². The molecule has 0 aliphatic carbocycles. The number of rotatable bonds is 3. The van der Waals surface area contributed by atoms with Crippen LogP contribution in [0.25, 0.3) is 0 Å². The van der Waals surface area contributed by atoms with E-state index in [1.807, 2.05) is 19.1 Å². The minimum atomic E-state index is -0.926. The van der Waals surface area contributed by atoms with Crippen LogP contribution in [-0.2, 0) is 25.5 Å². The Balaban J connectivity index is 2.00. The number of anilines is 1. The highest BCUT2D eigenvalue weighted by Crippen LogP contribution is 2.32. The topological polar surface area (TPSA) is 88.1 Å². The number of ether oxygens (including phenoxy) is 1. The molecule has 2 aliphatic rings. The smallest absolute Gasteiger partial charge is 0.355 e. The van der Waals surface area contributed by atoms with Gasteiger partial charge in [-0.1, -0.05) is 25.1 Å². The van der Waals surface area contributed by atoms with Crippen molar-refractivity contribution < 1.29 is 19.1 Å². The molecule has 1 N–H and O–H groups in total. The molecular formula is C15H15N3O4. The summed E-state index contributed by atoms with van der Waals surface area (Å²) in [6.07, 6.45) is 0.688. The van der Waals surface area contributed by atoms with Gasteiger partial charge in [-0.15, -0.1) is 0 Å². The second-order valence-corrected chi connectivity index (χ2v) is 5.07. The predicted octanol–water partition coefficient (Wildman–Crippen LogP) is 0.239. The Hall–Kier alpha value is -2.70. The zero-order valence-corrected chi connectivity index (χ0v) is 12.2. The molecule has 0 saturated carbocycles. The van der Waals surface area contributed by atoms with Gasteiger partial charge < -0.3 is 4.74 Å². The Morgan fingerprint density at radius 1 is 1.32 bits per heavy atom. The third kappa shape index (κ3) is 1.89. The van der Waals surface area contributed by atoms with Crippen molar-refractivity contribution in [1.29, 1.82) is 0 Å². The molecule has 0 spiro atoms. The van der Waals surface area contributed by atoms with Crippen LogP contribution in [0, 0.1) is 5.92 Å². The summed E-state index contributed by atoms with van der Waals surface area (Å²) in [5.74, 6) is -2.49. The van der Waals surface area contributed by atoms with Crippen LogP contribution < -0.4 is 10.3 Å². The molecule has 0 radical (unpaired) electrons. The van der Waals surface area contributed by atoms with E-state index in [9.17, 15) is 14.4 Å². The van der Waals surface area contributed by atoms with Gasteiger partial charge in [0.05, 0.1) is 12.8 Å². The number of esters is 1. The largest absolute Gasteiger partial charge is 0.464 e. The monoisotopic (exact) mass is 301 g/mol. The fourth-order valence-corrected chi connectivity index (χ4v) is 2.83. The van der Waals surface area contributed by atoms with E-state index in [1.54, 1.807) is 12.1 Å². The number of imide groups is 1. The molecule has 2 atom stereocenters. The summed E-state index contributed by atoms with van der Waals surface area (Å²) < 4.78 is 4.62. The summed E-state index contributed by atoms with van der Waals surface area (Å²) in [6, 6.07) is 6.38. The molecule has 22 heavy (non-hydrogen) atoms. The number of para-hydroxylation sites is 1. The Labute approximate surface area is 126 Å². The summed E-state index contributed by atoms with van der Waals surface area (Å²) in [6.45, 7) is 1.95. The molecule has 7 nitrogen and oxygen atoms in total. The fraction of sp³-hybridized carbons (Fsp3) is 0.333. The zero-order chi connectivity index (χ0) is 15.9. The molecular weight excluding hydrogens is 286 g/mol. The maximum atomic E-state index is 12.7. The van der Waals surface area contributed by atoms with Gasteiger partial charge in [-0.05, 0) is 18.1 Å². The van der Waals surface area contributed by atoms with Gasteiger partial charge in [0.25, 0.3) is 5.91 Å². The number of methoxy groups -OCH3 is 1. The van der Waals surface area contributed by atoms with E-state index >= 15 is 0 Å². The summed E-state index contributed by atoms with van der Waals surface area (Å²) in [7, 11) is 1.21. The van der Waals surface area contributed by atoms with Gasteiger partial charge in [0.1, 0.15) is 12.0 Å². The predicted molar refractivity (Wildman–Crippen MR) is 78.2 cm³/mol. The molecule has 1 saturated heterocycles. The fourth-order valence-electron chi connectivity index (χ4n) is 2.83. The Morgan fingerprint density at radius 3 is 2.73 bits per heavy atom. The van der Waals surface area contributed by atoms with E-state index in [0.29, 0.717) is 12.1 Å². The molecule has 2 amide bonds. The van der Waals surface area contributed by atoms with Crippen LogP contribution in [0.15, 0.2) is 29.4 Å². The Bertz CT molecular complexity index is 698. The molecule has 0 unspecified atom stereocenters. The quantitative estimate of drug-likeness (QED) is 0.638. The lowest BCUT2D eigenvalue weighted by atomic mass is 9.99. The van der Waals surface area contributed by atoms with Crippen molar-refractivity contribution >= 4 is 29.2 Å². The van der Waals surface area contributed by atoms with E-state index in [4.69, 9.17) is 0 Å². The number of carbonyl (C=O) groups is 3. The van der Waals surface area contributed by atoms with E-state index < -0.39 is 29.7 Å². The third-order valence-electron chi connectivity index (χ3n) is 3.93. The van der Waals surface area contributed by atoms with E-state index in [-0.39, 0.29) is 5.71 Å². The molecule has 2 aliphatic heterocycles. The summed E-state index contributed by atoms with van der Waals surface area (Å²) in [4.78, 5) is 38.1. The molecule has 0 aromatic heterocycles. The molecule has 114 valence electrons. The lowest BCUT2D eigenvalue weighted by Crippen LogP contribution is -2.36. The van der Waals surface area contributed by atoms with Crippen LogP contribution in [0.2, 0.25) is 0 Å². The number of hydrogen-bond donors (Lipinski definition) is 1. The lowest BCUT2D eigenvalue weighted by Gasteiger charge is -2.18. The van der Waals surface area contributed by atoms with Gasteiger partial charge in [-0.3, -0.25) is 15.0 Å². The first-order valence-electron chi connectivity index (χ1n) is 6.97. The lowest BCUT2D eigenvalue weighted by molar-refractivity contribution is -0.133. The molecule has 7 heteroatoms. The number of aryl methyl sites for hydroxylation is 1. The van der Waals surface area contributed by atoms with Gasteiger partial charge in [-0.25, -0.2) is 9.69 Å². The highest BCUT2D eigenvalue weighted by molar-refractivity contribution is 6.46. The first-order chi connectivity index (χ1) is 10.6. The van der Waals surface area contributed by atoms with E-state index in [0.717, 1.165) is 10.5 Å². The standard InChI is InChI=1S/C15H15N3O4/c1-3-8-6-4-5-7-9(8)18-13(19)10-11(14(18)20)16-17-12(10)15(21)22-2/h4-7,10-11,16H,3H2,1-2H3/t10-,11+/m1/s1. The van der Waals surface area contributed by atoms with Crippen LogP contribution >= 0.6 is 0 Å².